The van der Waals surface area contributed by atoms with Crippen molar-refractivity contribution in [3.63, 3.8) is 0 Å². The summed E-state index contributed by atoms with van der Waals surface area (Å²) in [4.78, 5) is 17.0. The van der Waals surface area contributed by atoms with Crippen LogP contribution in [0.25, 0.3) is 0 Å². The third-order valence-corrected chi connectivity index (χ3v) is 3.94. The van der Waals surface area contributed by atoms with Crippen LogP contribution in [0.2, 0.25) is 0 Å². The second-order valence-electron chi connectivity index (χ2n) is 6.85. The summed E-state index contributed by atoms with van der Waals surface area (Å²) in [5.41, 5.74) is 0.330. The van der Waals surface area contributed by atoms with E-state index in [1.807, 2.05) is 6.92 Å². The molecule has 1 fully saturated rings. The summed E-state index contributed by atoms with van der Waals surface area (Å²) in [6, 6.07) is 0. The maximum Gasteiger partial charge on any atom is 0.356 e. The van der Waals surface area contributed by atoms with Crippen molar-refractivity contribution in [2.75, 3.05) is 20.3 Å². The highest BCUT2D eigenvalue weighted by atomic mass is 16.6. The summed E-state index contributed by atoms with van der Waals surface area (Å²) in [6.45, 7) is 10.7. The van der Waals surface area contributed by atoms with E-state index in [9.17, 15) is 4.79 Å². The van der Waals surface area contributed by atoms with Gasteiger partial charge in [0.05, 0.1) is 24.9 Å². The lowest BCUT2D eigenvalue weighted by Crippen LogP contribution is -2.44. The van der Waals surface area contributed by atoms with Crippen LogP contribution < -0.4 is 0 Å². The highest BCUT2D eigenvalue weighted by Gasteiger charge is 2.36. The Morgan fingerprint density at radius 3 is 2.48 bits per heavy atom. The van der Waals surface area contributed by atoms with Gasteiger partial charge in [0.1, 0.15) is 6.61 Å². The minimum absolute atomic E-state index is 0.0399. The van der Waals surface area contributed by atoms with Crippen LogP contribution in [-0.4, -0.2) is 50.3 Å². The average Bonchev–Trinajstić information content (AvgIpc) is 2.50. The summed E-state index contributed by atoms with van der Waals surface area (Å²) in [6.07, 6.45) is 2.27. The Bertz CT molecular complexity index is 402. The second kappa shape index (κ2) is 9.23. The number of methoxy groups -OCH3 is 1. The van der Waals surface area contributed by atoms with Crippen LogP contribution in [0, 0.1) is 5.41 Å². The van der Waals surface area contributed by atoms with Crippen molar-refractivity contribution in [3.05, 3.63) is 0 Å². The number of oxime groups is 1. The van der Waals surface area contributed by atoms with E-state index in [2.05, 4.69) is 25.9 Å². The fraction of sp³-hybridized carbons (Fsp3) is 0.882. The SMILES string of the molecule is CCOC(=O)C(CC)=NOCC1CC(OC)CC(C(C)(C)C)O1. The number of carbonyl (C=O) groups is 1. The first-order chi connectivity index (χ1) is 10.8. The second-order valence-corrected chi connectivity index (χ2v) is 6.85. The molecule has 1 saturated heterocycles. The Hall–Kier alpha value is -1.14. The number of esters is 1. The molecule has 0 saturated carbocycles. The average molecular weight is 329 g/mol. The molecule has 0 spiro atoms. The van der Waals surface area contributed by atoms with E-state index in [0.29, 0.717) is 25.3 Å². The van der Waals surface area contributed by atoms with E-state index in [-0.39, 0.29) is 23.7 Å². The first kappa shape index (κ1) is 19.9. The minimum Gasteiger partial charge on any atom is -0.461 e. The van der Waals surface area contributed by atoms with Crippen LogP contribution in [0.3, 0.4) is 0 Å². The monoisotopic (exact) mass is 329 g/mol. The lowest BCUT2D eigenvalue weighted by Gasteiger charge is -2.40. The molecular formula is C17H31NO5. The van der Waals surface area contributed by atoms with Crippen molar-refractivity contribution in [1.29, 1.82) is 0 Å². The standard InChI is InChI=1S/C17H31NO5/c1-7-14(16(19)21-8-2)18-22-11-13-9-12(20-6)10-15(23-13)17(3,4)5/h12-13,15H,7-11H2,1-6H3. The van der Waals surface area contributed by atoms with E-state index < -0.39 is 5.97 Å². The number of carbonyl (C=O) groups excluding carboxylic acids is 1. The fourth-order valence-corrected chi connectivity index (χ4v) is 2.49. The Morgan fingerprint density at radius 1 is 1.26 bits per heavy atom. The summed E-state index contributed by atoms with van der Waals surface area (Å²) >= 11 is 0. The zero-order valence-corrected chi connectivity index (χ0v) is 15.3. The van der Waals surface area contributed by atoms with Crippen molar-refractivity contribution < 1.29 is 23.8 Å². The molecule has 0 aromatic carbocycles. The van der Waals surface area contributed by atoms with Crippen LogP contribution in [0.5, 0.6) is 0 Å². The number of nitrogens with zero attached hydrogens (tertiary/aromatic N) is 1. The molecule has 0 aromatic heterocycles. The smallest absolute Gasteiger partial charge is 0.356 e. The summed E-state index contributed by atoms with van der Waals surface area (Å²) < 4.78 is 16.6. The normalized spacial score (nSPS) is 26.0. The minimum atomic E-state index is -0.429. The van der Waals surface area contributed by atoms with Gasteiger partial charge in [-0.05, 0) is 18.8 Å². The molecule has 1 heterocycles. The third kappa shape index (κ3) is 6.47. The van der Waals surface area contributed by atoms with Crippen LogP contribution >= 0.6 is 0 Å². The van der Waals surface area contributed by atoms with Gasteiger partial charge < -0.3 is 19.0 Å². The Labute approximate surface area is 139 Å². The van der Waals surface area contributed by atoms with Crippen molar-refractivity contribution in [3.8, 4) is 0 Å². The van der Waals surface area contributed by atoms with Crippen molar-refractivity contribution in [2.24, 2.45) is 10.6 Å². The number of hydrogen-bond acceptors (Lipinski definition) is 6. The molecule has 23 heavy (non-hydrogen) atoms. The first-order valence-corrected chi connectivity index (χ1v) is 8.35. The lowest BCUT2D eigenvalue weighted by atomic mass is 9.83. The molecule has 6 heteroatoms. The van der Waals surface area contributed by atoms with Gasteiger partial charge in [-0.2, -0.15) is 0 Å². The van der Waals surface area contributed by atoms with E-state index in [4.69, 9.17) is 19.0 Å². The molecule has 134 valence electrons. The fourth-order valence-electron chi connectivity index (χ4n) is 2.49. The largest absolute Gasteiger partial charge is 0.461 e. The van der Waals surface area contributed by atoms with Crippen molar-refractivity contribution in [2.45, 2.75) is 72.2 Å². The molecule has 0 bridgehead atoms. The van der Waals surface area contributed by atoms with Gasteiger partial charge in [0.25, 0.3) is 0 Å². The molecule has 1 rings (SSSR count). The number of ether oxygens (including phenoxy) is 3. The quantitative estimate of drug-likeness (QED) is 0.408. The van der Waals surface area contributed by atoms with Gasteiger partial charge in [-0.1, -0.05) is 32.9 Å². The molecule has 0 aromatic rings. The van der Waals surface area contributed by atoms with Gasteiger partial charge in [0.2, 0.25) is 0 Å². The summed E-state index contributed by atoms with van der Waals surface area (Å²) in [7, 11) is 1.72. The number of hydrogen-bond donors (Lipinski definition) is 0. The molecule has 1 aliphatic heterocycles. The Kier molecular flexibility index (Phi) is 7.99. The molecular weight excluding hydrogens is 298 g/mol. The molecule has 0 radical (unpaired) electrons. The Balaban J connectivity index is 2.59. The predicted octanol–water partition coefficient (Wildman–Crippen LogP) is 2.94. The Morgan fingerprint density at radius 2 is 1.96 bits per heavy atom. The van der Waals surface area contributed by atoms with Crippen LogP contribution in [0.1, 0.15) is 53.9 Å². The predicted molar refractivity (Wildman–Crippen MR) is 88.5 cm³/mol. The van der Waals surface area contributed by atoms with Crippen LogP contribution in [0.15, 0.2) is 5.16 Å². The summed E-state index contributed by atoms with van der Waals surface area (Å²) in [5.74, 6) is -0.429. The van der Waals surface area contributed by atoms with Gasteiger partial charge >= 0.3 is 5.97 Å². The van der Waals surface area contributed by atoms with Gasteiger partial charge in [-0.3, -0.25) is 0 Å². The maximum atomic E-state index is 11.7. The molecule has 1 aliphatic rings. The van der Waals surface area contributed by atoms with E-state index in [1.165, 1.54) is 0 Å². The maximum absolute atomic E-state index is 11.7. The highest BCUT2D eigenvalue weighted by Crippen LogP contribution is 2.33. The molecule has 0 N–H and O–H groups in total. The van der Waals surface area contributed by atoms with Crippen LogP contribution in [0.4, 0.5) is 0 Å². The zero-order valence-electron chi connectivity index (χ0n) is 15.3. The molecule has 0 aliphatic carbocycles. The van der Waals surface area contributed by atoms with Crippen molar-refractivity contribution >= 4 is 11.7 Å². The zero-order chi connectivity index (χ0) is 17.5. The van der Waals surface area contributed by atoms with E-state index >= 15 is 0 Å². The van der Waals surface area contributed by atoms with E-state index in [1.54, 1.807) is 14.0 Å². The molecule has 3 unspecified atom stereocenters. The summed E-state index contributed by atoms with van der Waals surface area (Å²) in [5, 5.41) is 3.91. The topological polar surface area (TPSA) is 66.4 Å². The molecule has 3 atom stereocenters. The highest BCUT2D eigenvalue weighted by molar-refractivity contribution is 6.36. The van der Waals surface area contributed by atoms with Crippen molar-refractivity contribution in [1.82, 2.24) is 0 Å². The first-order valence-electron chi connectivity index (χ1n) is 8.35. The van der Waals surface area contributed by atoms with Gasteiger partial charge in [0, 0.05) is 20.0 Å². The molecule has 0 amide bonds. The van der Waals surface area contributed by atoms with Crippen LogP contribution in [-0.2, 0) is 23.8 Å². The number of rotatable bonds is 7. The van der Waals surface area contributed by atoms with E-state index in [0.717, 1.165) is 12.8 Å². The van der Waals surface area contributed by atoms with Gasteiger partial charge in [-0.25, -0.2) is 4.79 Å². The van der Waals surface area contributed by atoms with Gasteiger partial charge in [-0.15, -0.1) is 0 Å². The molecule has 6 nitrogen and oxygen atoms in total. The lowest BCUT2D eigenvalue weighted by molar-refractivity contribution is -0.158. The van der Waals surface area contributed by atoms with Gasteiger partial charge in [0.15, 0.2) is 5.71 Å². The third-order valence-electron chi connectivity index (χ3n) is 3.94.